The van der Waals surface area contributed by atoms with Crippen molar-refractivity contribution in [2.24, 2.45) is 0 Å². The minimum absolute atomic E-state index is 0.0937. The first-order chi connectivity index (χ1) is 5.74. The predicted molar refractivity (Wildman–Crippen MR) is 44.2 cm³/mol. The van der Waals surface area contributed by atoms with Gasteiger partial charge in [0.1, 0.15) is 6.10 Å². The second-order valence-corrected chi connectivity index (χ2v) is 2.64. The van der Waals surface area contributed by atoms with Crippen LogP contribution in [0.25, 0.3) is 0 Å². The minimum atomic E-state index is -0.755. The van der Waals surface area contributed by atoms with E-state index in [2.05, 4.69) is 4.98 Å². The molecule has 0 saturated heterocycles. The van der Waals surface area contributed by atoms with Crippen LogP contribution in [0.15, 0.2) is 18.3 Å². The smallest absolute Gasteiger partial charge is 0.109 e. The summed E-state index contributed by atoms with van der Waals surface area (Å²) in [5.74, 6) is 0. The highest BCUT2D eigenvalue weighted by molar-refractivity contribution is 5.16. The normalized spacial score (nSPS) is 12.1. The molecule has 3 nitrogen and oxygen atoms in total. The Labute approximate surface area is 71.3 Å². The van der Waals surface area contributed by atoms with E-state index >= 15 is 0 Å². The molecule has 62 valence electrons. The van der Waals surface area contributed by atoms with Crippen LogP contribution in [0.2, 0.25) is 0 Å². The fourth-order valence-electron chi connectivity index (χ4n) is 0.933. The monoisotopic (exact) mass is 162 g/mol. The fourth-order valence-corrected chi connectivity index (χ4v) is 0.933. The van der Waals surface area contributed by atoms with Gasteiger partial charge in [-0.25, -0.2) is 0 Å². The van der Waals surface area contributed by atoms with Crippen molar-refractivity contribution in [3.8, 4) is 6.07 Å². The average molecular weight is 162 g/mol. The third-order valence-corrected chi connectivity index (χ3v) is 1.56. The molecule has 0 amide bonds. The molecular formula is C9H10N2O. The highest BCUT2D eigenvalue weighted by Crippen LogP contribution is 2.13. The predicted octanol–water partition coefficient (Wildman–Crippen LogP) is 1.34. The molecular weight excluding hydrogens is 152 g/mol. The van der Waals surface area contributed by atoms with Crippen LogP contribution >= 0.6 is 0 Å². The highest BCUT2D eigenvalue weighted by Gasteiger charge is 2.07. The zero-order chi connectivity index (χ0) is 8.97. The number of aromatic nitrogens is 1. The molecule has 1 N–H and O–H groups in total. The molecule has 0 saturated carbocycles. The van der Waals surface area contributed by atoms with E-state index < -0.39 is 6.10 Å². The van der Waals surface area contributed by atoms with E-state index in [1.807, 2.05) is 19.1 Å². The van der Waals surface area contributed by atoms with Gasteiger partial charge in [0.25, 0.3) is 0 Å². The Hall–Kier alpha value is -1.40. The van der Waals surface area contributed by atoms with Gasteiger partial charge in [-0.3, -0.25) is 4.98 Å². The van der Waals surface area contributed by atoms with Crippen LogP contribution in [0.5, 0.6) is 0 Å². The van der Waals surface area contributed by atoms with Crippen LogP contribution in [0.3, 0.4) is 0 Å². The van der Waals surface area contributed by atoms with Crippen molar-refractivity contribution in [2.75, 3.05) is 0 Å². The Morgan fingerprint density at radius 2 is 2.50 bits per heavy atom. The molecule has 1 unspecified atom stereocenters. The largest absolute Gasteiger partial charge is 0.386 e. The molecule has 1 atom stereocenters. The maximum absolute atomic E-state index is 9.36. The molecule has 0 radical (unpaired) electrons. The lowest BCUT2D eigenvalue weighted by molar-refractivity contribution is 0.178. The molecule has 0 spiro atoms. The Morgan fingerprint density at radius 3 is 3.08 bits per heavy atom. The van der Waals surface area contributed by atoms with Crippen LogP contribution in [-0.4, -0.2) is 10.1 Å². The summed E-state index contributed by atoms with van der Waals surface area (Å²) >= 11 is 0. The lowest BCUT2D eigenvalue weighted by atomic mass is 10.1. The molecule has 1 heterocycles. The van der Waals surface area contributed by atoms with Crippen LogP contribution in [-0.2, 0) is 0 Å². The van der Waals surface area contributed by atoms with Crippen molar-refractivity contribution in [2.45, 2.75) is 19.4 Å². The molecule has 12 heavy (non-hydrogen) atoms. The van der Waals surface area contributed by atoms with Gasteiger partial charge in [-0.2, -0.15) is 5.26 Å². The molecule has 3 heteroatoms. The van der Waals surface area contributed by atoms with E-state index in [0.29, 0.717) is 5.69 Å². The lowest BCUT2D eigenvalue weighted by Gasteiger charge is -2.05. The van der Waals surface area contributed by atoms with Crippen LogP contribution in [0.1, 0.15) is 23.8 Å². The fraction of sp³-hybridized carbons (Fsp3) is 0.333. The molecule has 0 fully saturated rings. The van der Waals surface area contributed by atoms with Gasteiger partial charge >= 0.3 is 0 Å². The van der Waals surface area contributed by atoms with Crippen LogP contribution in [0, 0.1) is 18.3 Å². The Bertz CT molecular complexity index is 304. The van der Waals surface area contributed by atoms with Crippen molar-refractivity contribution in [1.82, 2.24) is 4.98 Å². The second-order valence-electron chi connectivity index (χ2n) is 2.64. The third kappa shape index (κ3) is 2.04. The number of aliphatic hydroxyl groups is 1. The molecule has 1 aromatic heterocycles. The molecule has 0 aliphatic heterocycles. The number of aliphatic hydroxyl groups excluding tert-OH is 1. The van der Waals surface area contributed by atoms with Crippen molar-refractivity contribution >= 4 is 0 Å². The van der Waals surface area contributed by atoms with Crippen molar-refractivity contribution in [3.05, 3.63) is 29.6 Å². The van der Waals surface area contributed by atoms with Crippen LogP contribution < -0.4 is 0 Å². The number of rotatable bonds is 2. The SMILES string of the molecule is Cc1ccnc(C(O)CC#N)c1. The lowest BCUT2D eigenvalue weighted by Crippen LogP contribution is -1.99. The summed E-state index contributed by atoms with van der Waals surface area (Å²) in [7, 11) is 0. The van der Waals surface area contributed by atoms with E-state index in [4.69, 9.17) is 5.26 Å². The highest BCUT2D eigenvalue weighted by atomic mass is 16.3. The summed E-state index contributed by atoms with van der Waals surface area (Å²) in [6.45, 7) is 1.92. The quantitative estimate of drug-likeness (QED) is 0.713. The van der Waals surface area contributed by atoms with E-state index in [9.17, 15) is 5.11 Å². The second kappa shape index (κ2) is 3.84. The number of aryl methyl sites for hydroxylation is 1. The first kappa shape index (κ1) is 8.69. The maximum Gasteiger partial charge on any atom is 0.109 e. The molecule has 1 aromatic rings. The van der Waals surface area contributed by atoms with E-state index in [1.54, 1.807) is 12.3 Å². The molecule has 0 aliphatic carbocycles. The third-order valence-electron chi connectivity index (χ3n) is 1.56. The number of nitriles is 1. The number of pyridine rings is 1. The standard InChI is InChI=1S/C9H10N2O/c1-7-3-5-11-8(6-7)9(12)2-4-10/h3,5-6,9,12H,2H2,1H3. The maximum atomic E-state index is 9.36. The first-order valence-corrected chi connectivity index (χ1v) is 3.71. The molecule has 0 aromatic carbocycles. The zero-order valence-corrected chi connectivity index (χ0v) is 6.86. The Morgan fingerprint density at radius 1 is 1.75 bits per heavy atom. The summed E-state index contributed by atoms with van der Waals surface area (Å²) in [4.78, 5) is 3.96. The van der Waals surface area contributed by atoms with Gasteiger partial charge in [0.2, 0.25) is 0 Å². The molecule has 0 aliphatic rings. The Balaban J connectivity index is 2.82. The summed E-state index contributed by atoms with van der Waals surface area (Å²) in [5, 5.41) is 17.7. The van der Waals surface area contributed by atoms with Gasteiger partial charge in [-0.15, -0.1) is 0 Å². The average Bonchev–Trinajstić information content (AvgIpc) is 2.05. The van der Waals surface area contributed by atoms with Gasteiger partial charge in [0.15, 0.2) is 0 Å². The zero-order valence-electron chi connectivity index (χ0n) is 6.86. The van der Waals surface area contributed by atoms with E-state index in [-0.39, 0.29) is 6.42 Å². The van der Waals surface area contributed by atoms with Crippen molar-refractivity contribution in [3.63, 3.8) is 0 Å². The summed E-state index contributed by atoms with van der Waals surface area (Å²) in [5.41, 5.74) is 1.61. The van der Waals surface area contributed by atoms with Gasteiger partial charge in [0, 0.05) is 6.20 Å². The van der Waals surface area contributed by atoms with Gasteiger partial charge in [-0.1, -0.05) is 0 Å². The number of hydrogen-bond acceptors (Lipinski definition) is 3. The summed E-state index contributed by atoms with van der Waals surface area (Å²) in [6.07, 6.45) is 0.969. The van der Waals surface area contributed by atoms with E-state index in [0.717, 1.165) is 5.56 Å². The first-order valence-electron chi connectivity index (χ1n) is 3.71. The van der Waals surface area contributed by atoms with Crippen molar-refractivity contribution < 1.29 is 5.11 Å². The topological polar surface area (TPSA) is 56.9 Å². The summed E-state index contributed by atoms with van der Waals surface area (Å²) < 4.78 is 0. The van der Waals surface area contributed by atoms with E-state index in [1.165, 1.54) is 0 Å². The number of hydrogen-bond donors (Lipinski definition) is 1. The van der Waals surface area contributed by atoms with Crippen molar-refractivity contribution in [1.29, 1.82) is 5.26 Å². The minimum Gasteiger partial charge on any atom is -0.386 e. The summed E-state index contributed by atoms with van der Waals surface area (Å²) in [6, 6.07) is 5.52. The van der Waals surface area contributed by atoms with Gasteiger partial charge in [-0.05, 0) is 24.6 Å². The Kier molecular flexibility index (Phi) is 2.78. The molecule has 1 rings (SSSR count). The number of nitrogens with zero attached hydrogens (tertiary/aromatic N) is 2. The van der Waals surface area contributed by atoms with Crippen LogP contribution in [0.4, 0.5) is 0 Å². The molecule has 0 bridgehead atoms. The van der Waals surface area contributed by atoms with Gasteiger partial charge < -0.3 is 5.11 Å². The van der Waals surface area contributed by atoms with Gasteiger partial charge in [0.05, 0.1) is 18.2 Å².